The van der Waals surface area contributed by atoms with Crippen LogP contribution < -0.4 is 0 Å². The van der Waals surface area contributed by atoms with Crippen LogP contribution in [0.5, 0.6) is 0 Å². The summed E-state index contributed by atoms with van der Waals surface area (Å²) in [4.78, 5) is 4.46. The molecular weight excluding hydrogens is 186 g/mol. The van der Waals surface area contributed by atoms with Gasteiger partial charge in [-0.25, -0.2) is 4.99 Å². The van der Waals surface area contributed by atoms with E-state index in [-0.39, 0.29) is 0 Å². The topological polar surface area (TPSA) is 21.6 Å². The zero-order chi connectivity index (χ0) is 10.5. The standard InChI is InChI=1S/C13H13NO/c1-2-10-15-13-9-5-7-11-6-3-4-8-12(11)14-13/h2-8H,1,9-10H2. The van der Waals surface area contributed by atoms with Gasteiger partial charge in [-0.2, -0.15) is 0 Å². The molecule has 1 aromatic carbocycles. The van der Waals surface area contributed by atoms with Crippen LogP contribution in [-0.2, 0) is 4.74 Å². The molecule has 0 aliphatic carbocycles. The number of fused-ring (bicyclic) bond motifs is 1. The van der Waals surface area contributed by atoms with Crippen molar-refractivity contribution in [1.29, 1.82) is 0 Å². The zero-order valence-electron chi connectivity index (χ0n) is 8.52. The van der Waals surface area contributed by atoms with Crippen LogP contribution in [0.2, 0.25) is 0 Å². The third-order valence-corrected chi connectivity index (χ3v) is 2.14. The molecule has 1 aliphatic rings. The molecule has 0 unspecified atom stereocenters. The minimum absolute atomic E-state index is 0.509. The molecule has 0 radical (unpaired) electrons. The number of hydrogen-bond acceptors (Lipinski definition) is 2. The molecule has 0 fully saturated rings. The molecule has 2 nitrogen and oxygen atoms in total. The molecular formula is C13H13NO. The van der Waals surface area contributed by atoms with E-state index in [9.17, 15) is 0 Å². The first-order chi connectivity index (χ1) is 7.40. The summed E-state index contributed by atoms with van der Waals surface area (Å²) >= 11 is 0. The van der Waals surface area contributed by atoms with Crippen LogP contribution in [0.4, 0.5) is 5.69 Å². The number of ether oxygens (including phenoxy) is 1. The van der Waals surface area contributed by atoms with Crippen molar-refractivity contribution in [1.82, 2.24) is 0 Å². The second-order valence-corrected chi connectivity index (χ2v) is 3.27. The van der Waals surface area contributed by atoms with Crippen molar-refractivity contribution >= 4 is 17.7 Å². The smallest absolute Gasteiger partial charge is 0.192 e. The summed E-state index contributed by atoms with van der Waals surface area (Å²) in [7, 11) is 0. The summed E-state index contributed by atoms with van der Waals surface area (Å²) in [6.07, 6.45) is 6.60. The molecule has 0 amide bonds. The predicted molar refractivity (Wildman–Crippen MR) is 63.3 cm³/mol. The number of rotatable bonds is 2. The molecule has 2 heteroatoms. The lowest BCUT2D eigenvalue weighted by atomic mass is 10.2. The molecule has 0 spiro atoms. The van der Waals surface area contributed by atoms with Gasteiger partial charge in [0.15, 0.2) is 5.90 Å². The average molecular weight is 199 g/mol. The number of nitrogens with zero attached hydrogens (tertiary/aromatic N) is 1. The van der Waals surface area contributed by atoms with Gasteiger partial charge in [0.25, 0.3) is 0 Å². The number of benzene rings is 1. The van der Waals surface area contributed by atoms with E-state index in [0.717, 1.165) is 23.6 Å². The summed E-state index contributed by atoms with van der Waals surface area (Å²) in [5, 5.41) is 0. The van der Waals surface area contributed by atoms with Crippen LogP contribution >= 0.6 is 0 Å². The van der Waals surface area contributed by atoms with E-state index in [0.29, 0.717) is 6.61 Å². The van der Waals surface area contributed by atoms with Crippen molar-refractivity contribution in [3.63, 3.8) is 0 Å². The SMILES string of the molecule is C=CCOC1=Nc2ccccc2C=CC1. The Kier molecular flexibility index (Phi) is 2.98. The van der Waals surface area contributed by atoms with Crippen LogP contribution in [0.1, 0.15) is 12.0 Å². The largest absolute Gasteiger partial charge is 0.476 e. The van der Waals surface area contributed by atoms with Crippen LogP contribution in [0, 0.1) is 0 Å². The van der Waals surface area contributed by atoms with Crippen LogP contribution in [0.25, 0.3) is 6.08 Å². The second kappa shape index (κ2) is 4.60. The molecule has 76 valence electrons. The van der Waals surface area contributed by atoms with Crippen molar-refractivity contribution in [3.05, 3.63) is 48.6 Å². The molecule has 1 heterocycles. The van der Waals surface area contributed by atoms with E-state index in [1.54, 1.807) is 6.08 Å². The monoisotopic (exact) mass is 199 g/mol. The van der Waals surface area contributed by atoms with Gasteiger partial charge in [-0.1, -0.05) is 43.0 Å². The summed E-state index contributed by atoms with van der Waals surface area (Å²) < 4.78 is 5.45. The van der Waals surface area contributed by atoms with Gasteiger partial charge < -0.3 is 4.74 Å². The molecule has 0 saturated heterocycles. The van der Waals surface area contributed by atoms with Gasteiger partial charge in [0, 0.05) is 6.42 Å². The van der Waals surface area contributed by atoms with E-state index in [4.69, 9.17) is 4.74 Å². The minimum Gasteiger partial charge on any atom is -0.476 e. The maximum Gasteiger partial charge on any atom is 0.192 e. The van der Waals surface area contributed by atoms with Gasteiger partial charge in [-0.3, -0.25) is 0 Å². The van der Waals surface area contributed by atoms with E-state index in [1.807, 2.05) is 24.3 Å². The first-order valence-corrected chi connectivity index (χ1v) is 4.97. The fourth-order valence-corrected chi connectivity index (χ4v) is 1.44. The molecule has 0 bridgehead atoms. The van der Waals surface area contributed by atoms with Crippen molar-refractivity contribution in [2.45, 2.75) is 6.42 Å². The molecule has 0 atom stereocenters. The lowest BCUT2D eigenvalue weighted by Crippen LogP contribution is -2.02. The Bertz CT molecular complexity index is 418. The highest BCUT2D eigenvalue weighted by Crippen LogP contribution is 2.23. The summed E-state index contributed by atoms with van der Waals surface area (Å²) in [6, 6.07) is 8.02. The fourth-order valence-electron chi connectivity index (χ4n) is 1.44. The molecule has 2 rings (SSSR count). The Hall–Kier alpha value is -1.83. The number of aliphatic imine (C=N–C) groups is 1. The molecule has 1 aliphatic heterocycles. The Balaban J connectivity index is 2.27. The average Bonchev–Trinajstić information content (AvgIpc) is 2.47. The summed E-state index contributed by atoms with van der Waals surface area (Å²) in [6.45, 7) is 4.12. The highest BCUT2D eigenvalue weighted by Gasteiger charge is 2.05. The lowest BCUT2D eigenvalue weighted by molar-refractivity contribution is 0.344. The van der Waals surface area contributed by atoms with E-state index >= 15 is 0 Å². The van der Waals surface area contributed by atoms with Gasteiger partial charge in [-0.05, 0) is 11.6 Å². The van der Waals surface area contributed by atoms with Crippen LogP contribution in [-0.4, -0.2) is 12.5 Å². The van der Waals surface area contributed by atoms with E-state index < -0.39 is 0 Å². The van der Waals surface area contributed by atoms with Crippen molar-refractivity contribution in [3.8, 4) is 0 Å². The van der Waals surface area contributed by atoms with Crippen LogP contribution in [0.15, 0.2) is 48.0 Å². The third kappa shape index (κ3) is 2.34. The predicted octanol–water partition coefficient (Wildman–Crippen LogP) is 3.34. The molecule has 15 heavy (non-hydrogen) atoms. The quantitative estimate of drug-likeness (QED) is 0.669. The Morgan fingerprint density at radius 2 is 2.27 bits per heavy atom. The molecule has 1 aromatic rings. The van der Waals surface area contributed by atoms with Gasteiger partial charge in [0.2, 0.25) is 0 Å². The summed E-state index contributed by atoms with van der Waals surface area (Å²) in [5.41, 5.74) is 2.10. The van der Waals surface area contributed by atoms with Crippen molar-refractivity contribution in [2.75, 3.05) is 6.61 Å². The highest BCUT2D eigenvalue weighted by molar-refractivity contribution is 5.85. The Labute approximate surface area is 89.6 Å². The Morgan fingerprint density at radius 3 is 3.13 bits per heavy atom. The molecule has 0 saturated carbocycles. The maximum absolute atomic E-state index is 5.45. The zero-order valence-corrected chi connectivity index (χ0v) is 8.52. The van der Waals surface area contributed by atoms with Crippen molar-refractivity contribution in [2.24, 2.45) is 4.99 Å². The van der Waals surface area contributed by atoms with Gasteiger partial charge in [0.05, 0.1) is 5.69 Å². The lowest BCUT2D eigenvalue weighted by Gasteiger charge is -2.04. The first-order valence-electron chi connectivity index (χ1n) is 4.97. The second-order valence-electron chi connectivity index (χ2n) is 3.27. The fraction of sp³-hybridized carbons (Fsp3) is 0.154. The third-order valence-electron chi connectivity index (χ3n) is 2.14. The van der Waals surface area contributed by atoms with Gasteiger partial charge in [-0.15, -0.1) is 0 Å². The maximum atomic E-state index is 5.45. The summed E-state index contributed by atoms with van der Waals surface area (Å²) in [5.74, 6) is 0.746. The Morgan fingerprint density at radius 1 is 1.40 bits per heavy atom. The van der Waals surface area contributed by atoms with Crippen molar-refractivity contribution < 1.29 is 4.74 Å². The molecule has 0 N–H and O–H groups in total. The van der Waals surface area contributed by atoms with Gasteiger partial charge >= 0.3 is 0 Å². The highest BCUT2D eigenvalue weighted by atomic mass is 16.5. The van der Waals surface area contributed by atoms with Crippen LogP contribution in [0.3, 0.4) is 0 Å². The van der Waals surface area contributed by atoms with E-state index in [2.05, 4.69) is 23.7 Å². The minimum atomic E-state index is 0.509. The van der Waals surface area contributed by atoms with E-state index in [1.165, 1.54) is 0 Å². The number of hydrogen-bond donors (Lipinski definition) is 0. The van der Waals surface area contributed by atoms with Gasteiger partial charge in [0.1, 0.15) is 6.61 Å². The normalized spacial score (nSPS) is 13.7. The molecule has 0 aromatic heterocycles. The first kappa shape index (κ1) is 9.71. The number of para-hydroxylation sites is 1.